The Bertz CT molecular complexity index is 1680. The molecule has 230 valence electrons. The van der Waals surface area contributed by atoms with E-state index in [4.69, 9.17) is 40.5 Å². The minimum absolute atomic E-state index is 0.0520. The summed E-state index contributed by atoms with van der Waals surface area (Å²) in [6.45, 7) is 4.84. The highest BCUT2D eigenvalue weighted by atomic mass is 35.5. The molecular formula is C32H33ClFN5O5. The number of benzene rings is 2. The van der Waals surface area contributed by atoms with E-state index in [-0.39, 0.29) is 30.8 Å². The van der Waals surface area contributed by atoms with Crippen LogP contribution < -0.4 is 9.64 Å². The van der Waals surface area contributed by atoms with Crippen LogP contribution in [0.15, 0.2) is 54.6 Å². The fourth-order valence-electron chi connectivity index (χ4n) is 6.22. The lowest BCUT2D eigenvalue weighted by atomic mass is 10.0. The van der Waals surface area contributed by atoms with E-state index in [1.54, 1.807) is 24.3 Å². The summed E-state index contributed by atoms with van der Waals surface area (Å²) < 4.78 is 39.0. The molecule has 2 unspecified atom stereocenters. The van der Waals surface area contributed by atoms with E-state index in [2.05, 4.69) is 14.4 Å². The summed E-state index contributed by atoms with van der Waals surface area (Å²) in [5.74, 6) is 1.37. The normalized spacial score (nSPS) is 21.7. The molecule has 0 spiro atoms. The fourth-order valence-corrected chi connectivity index (χ4v) is 6.38. The number of aromatic nitrogens is 3. The number of pyridine rings is 1. The fraction of sp³-hybridized carbons (Fsp3) is 0.406. The quantitative estimate of drug-likeness (QED) is 0.251. The lowest BCUT2D eigenvalue weighted by molar-refractivity contribution is -0.0592. The van der Waals surface area contributed by atoms with Crippen molar-refractivity contribution in [3.05, 3.63) is 82.4 Å². The lowest BCUT2D eigenvalue weighted by Crippen LogP contribution is -2.59. The molecule has 0 aliphatic carbocycles. The summed E-state index contributed by atoms with van der Waals surface area (Å²) in [6, 6.07) is 15.9. The molecule has 0 saturated carbocycles. The van der Waals surface area contributed by atoms with Crippen molar-refractivity contribution in [2.24, 2.45) is 0 Å². The van der Waals surface area contributed by atoms with Crippen molar-refractivity contribution in [1.82, 2.24) is 19.4 Å². The molecule has 0 N–H and O–H groups in total. The molecule has 3 aliphatic heterocycles. The Morgan fingerprint density at radius 2 is 1.95 bits per heavy atom. The molecule has 0 radical (unpaired) electrons. The number of carbonyl (C=O) groups is 1. The number of carbonyl (C=O) groups excluding carboxylic acids is 1. The number of methoxy groups -OCH3 is 1. The summed E-state index contributed by atoms with van der Waals surface area (Å²) >= 11 is 5.88. The van der Waals surface area contributed by atoms with Gasteiger partial charge in [-0.15, -0.1) is 0 Å². The zero-order chi connectivity index (χ0) is 30.2. The number of piperazine rings is 1. The first kappa shape index (κ1) is 29.0. The molecule has 0 amide bonds. The van der Waals surface area contributed by atoms with Gasteiger partial charge in [0.2, 0.25) is 5.88 Å². The SMILES string of the molecule is COC(=O)c1ccc2nc(CN3CCN(c4cccc(OCc5ccc(Cl)cc5F)n4)C4COCC43)n(C[C@@H]3CCO3)c2c1. The molecule has 44 heavy (non-hydrogen) atoms. The second-order valence-electron chi connectivity index (χ2n) is 11.3. The van der Waals surface area contributed by atoms with Crippen LogP contribution in [-0.4, -0.2) is 83.6 Å². The maximum absolute atomic E-state index is 14.3. The zero-order valence-corrected chi connectivity index (χ0v) is 25.1. The van der Waals surface area contributed by atoms with E-state index in [0.29, 0.717) is 48.3 Å². The van der Waals surface area contributed by atoms with Gasteiger partial charge in [-0.2, -0.15) is 4.98 Å². The second kappa shape index (κ2) is 12.3. The zero-order valence-electron chi connectivity index (χ0n) is 24.3. The number of fused-ring (bicyclic) bond motifs is 2. The molecular weight excluding hydrogens is 589 g/mol. The smallest absolute Gasteiger partial charge is 0.337 e. The highest BCUT2D eigenvalue weighted by Gasteiger charge is 2.42. The number of esters is 1. The van der Waals surface area contributed by atoms with Crippen LogP contribution in [0.4, 0.5) is 10.2 Å². The molecule has 2 aromatic carbocycles. The molecule has 4 aromatic rings. The van der Waals surface area contributed by atoms with Gasteiger partial charge in [0.05, 0.1) is 68.2 Å². The van der Waals surface area contributed by atoms with Crippen LogP contribution in [0.1, 0.15) is 28.2 Å². The van der Waals surface area contributed by atoms with Crippen LogP contribution in [-0.2, 0) is 33.9 Å². The number of ether oxygens (including phenoxy) is 4. The predicted octanol–water partition coefficient (Wildman–Crippen LogP) is 4.47. The largest absolute Gasteiger partial charge is 0.473 e. The van der Waals surface area contributed by atoms with Crippen LogP contribution in [0.25, 0.3) is 11.0 Å². The third kappa shape index (κ3) is 5.72. The molecule has 3 atom stereocenters. The highest BCUT2D eigenvalue weighted by Crippen LogP contribution is 2.31. The van der Waals surface area contributed by atoms with Crippen LogP contribution in [0.3, 0.4) is 0 Å². The van der Waals surface area contributed by atoms with Crippen molar-refractivity contribution < 1.29 is 28.1 Å². The summed E-state index contributed by atoms with van der Waals surface area (Å²) in [4.78, 5) is 26.7. The topological polar surface area (TPSA) is 91.2 Å². The van der Waals surface area contributed by atoms with Crippen LogP contribution >= 0.6 is 11.6 Å². The number of hydrogen-bond donors (Lipinski definition) is 0. The van der Waals surface area contributed by atoms with Gasteiger partial charge in [-0.1, -0.05) is 23.7 Å². The maximum Gasteiger partial charge on any atom is 0.337 e. The van der Waals surface area contributed by atoms with Crippen LogP contribution in [0.5, 0.6) is 5.88 Å². The summed E-state index contributed by atoms with van der Waals surface area (Å²) in [6.07, 6.45) is 1.13. The van der Waals surface area contributed by atoms with Crippen LogP contribution in [0.2, 0.25) is 5.02 Å². The van der Waals surface area contributed by atoms with Crippen molar-refractivity contribution >= 4 is 34.4 Å². The Hall–Kier alpha value is -3.77. The molecule has 3 saturated heterocycles. The van der Waals surface area contributed by atoms with Gasteiger partial charge in [-0.3, -0.25) is 4.90 Å². The van der Waals surface area contributed by atoms with E-state index < -0.39 is 5.82 Å². The molecule has 7 rings (SSSR count). The van der Waals surface area contributed by atoms with Gasteiger partial charge >= 0.3 is 5.97 Å². The summed E-state index contributed by atoms with van der Waals surface area (Å²) in [7, 11) is 1.39. The highest BCUT2D eigenvalue weighted by molar-refractivity contribution is 6.30. The first-order chi connectivity index (χ1) is 21.5. The second-order valence-corrected chi connectivity index (χ2v) is 11.7. The number of rotatable bonds is 9. The summed E-state index contributed by atoms with van der Waals surface area (Å²) in [5, 5.41) is 0.344. The molecule has 2 aromatic heterocycles. The molecule has 5 heterocycles. The van der Waals surface area contributed by atoms with Gasteiger partial charge in [-0.25, -0.2) is 14.2 Å². The minimum Gasteiger partial charge on any atom is -0.473 e. The number of nitrogens with zero attached hydrogens (tertiary/aromatic N) is 5. The van der Waals surface area contributed by atoms with E-state index in [9.17, 15) is 9.18 Å². The Labute approximate surface area is 259 Å². The van der Waals surface area contributed by atoms with Crippen molar-refractivity contribution in [2.45, 2.75) is 44.3 Å². The Morgan fingerprint density at radius 3 is 2.75 bits per heavy atom. The Balaban J connectivity index is 1.09. The van der Waals surface area contributed by atoms with Crippen molar-refractivity contribution in [2.75, 3.05) is 44.9 Å². The standard InChI is InChI=1S/C32H33ClFN5O5/c1-41-32(40)20-6-8-25-26(13-20)39(15-23-9-12-43-23)30(35-25)16-37-10-11-38(28-19-42-18-27(28)37)29-3-2-4-31(36-29)44-17-21-5-7-22(33)14-24(21)34/h2-8,13-14,23,27-28H,9-12,15-19H2,1H3/t23-,27?,28?/m0/s1. The third-order valence-electron chi connectivity index (χ3n) is 8.69. The van der Waals surface area contributed by atoms with Gasteiger partial charge in [0.1, 0.15) is 24.1 Å². The maximum atomic E-state index is 14.3. The van der Waals surface area contributed by atoms with Crippen molar-refractivity contribution in [1.29, 1.82) is 0 Å². The number of hydrogen-bond acceptors (Lipinski definition) is 9. The average Bonchev–Trinajstić information content (AvgIpc) is 3.63. The molecule has 3 fully saturated rings. The van der Waals surface area contributed by atoms with Gasteiger partial charge < -0.3 is 28.4 Å². The summed E-state index contributed by atoms with van der Waals surface area (Å²) in [5.41, 5.74) is 2.65. The lowest BCUT2D eigenvalue weighted by Gasteiger charge is -2.44. The third-order valence-corrected chi connectivity index (χ3v) is 8.92. The van der Waals surface area contributed by atoms with Gasteiger partial charge in [0.25, 0.3) is 0 Å². The van der Waals surface area contributed by atoms with E-state index in [0.717, 1.165) is 48.8 Å². The number of halogens is 2. The predicted molar refractivity (Wildman–Crippen MR) is 162 cm³/mol. The van der Waals surface area contributed by atoms with Crippen LogP contribution in [0, 0.1) is 5.82 Å². The van der Waals surface area contributed by atoms with Gasteiger partial charge in [0, 0.05) is 36.3 Å². The molecule has 0 bridgehead atoms. The first-order valence-electron chi connectivity index (χ1n) is 14.8. The molecule has 3 aliphatic rings. The van der Waals surface area contributed by atoms with Gasteiger partial charge in [0.15, 0.2) is 0 Å². The monoisotopic (exact) mass is 621 g/mol. The molecule has 10 nitrogen and oxygen atoms in total. The van der Waals surface area contributed by atoms with Crippen molar-refractivity contribution in [3.63, 3.8) is 0 Å². The van der Waals surface area contributed by atoms with Gasteiger partial charge in [-0.05, 0) is 42.8 Å². The van der Waals surface area contributed by atoms with E-state index >= 15 is 0 Å². The van der Waals surface area contributed by atoms with Crippen molar-refractivity contribution in [3.8, 4) is 5.88 Å². The Morgan fingerprint density at radius 1 is 1.09 bits per heavy atom. The van der Waals surface area contributed by atoms with E-state index in [1.807, 2.05) is 24.3 Å². The number of anilines is 1. The average molecular weight is 622 g/mol. The number of imidazole rings is 1. The Kier molecular flexibility index (Phi) is 8.11. The van der Waals surface area contributed by atoms with E-state index in [1.165, 1.54) is 13.2 Å². The minimum atomic E-state index is -0.409. The molecule has 12 heteroatoms. The first-order valence-corrected chi connectivity index (χ1v) is 15.2.